The molecule has 4 aromatic heterocycles. The molecule has 1 aliphatic carbocycles. The molecule has 0 radical (unpaired) electrons. The van der Waals surface area contributed by atoms with Gasteiger partial charge in [-0.3, -0.25) is 24.9 Å². The third-order valence-electron chi connectivity index (χ3n) is 6.00. The summed E-state index contributed by atoms with van der Waals surface area (Å²) in [4.78, 5) is 32.7. The van der Waals surface area contributed by atoms with Crippen LogP contribution < -0.4 is 10.6 Å². The second-order valence-electron chi connectivity index (χ2n) is 8.65. The van der Waals surface area contributed by atoms with Crippen molar-refractivity contribution >= 4 is 34.1 Å². The Kier molecular flexibility index (Phi) is 7.27. The summed E-state index contributed by atoms with van der Waals surface area (Å²) in [5, 5.41) is 23.9. The van der Waals surface area contributed by atoms with Gasteiger partial charge >= 0.3 is 0 Å². The fourth-order valence-electron chi connectivity index (χ4n) is 4.28. The topological polar surface area (TPSA) is 136 Å². The average molecular weight is 501 g/mol. The van der Waals surface area contributed by atoms with Crippen LogP contribution in [0.25, 0.3) is 0 Å². The molecule has 4 heterocycles. The Morgan fingerprint density at radius 1 is 0.861 bits per heavy atom. The number of aromatic nitrogens is 6. The van der Waals surface area contributed by atoms with Crippen molar-refractivity contribution in [1.82, 2.24) is 30.4 Å². The highest BCUT2D eigenvalue weighted by Gasteiger charge is 2.29. The molecule has 0 aromatic carbocycles. The van der Waals surface area contributed by atoms with Crippen molar-refractivity contribution in [3.8, 4) is 0 Å². The number of amides is 2. The highest BCUT2D eigenvalue weighted by molar-refractivity contribution is 7.15. The number of hydrogen-bond acceptors (Lipinski definition) is 9. The predicted molar refractivity (Wildman–Crippen MR) is 134 cm³/mol. The van der Waals surface area contributed by atoms with Gasteiger partial charge < -0.3 is 5.32 Å². The van der Waals surface area contributed by atoms with Crippen molar-refractivity contribution in [2.45, 2.75) is 38.0 Å². The minimum atomic E-state index is -0.294. The molecule has 0 saturated heterocycles. The summed E-state index contributed by atoms with van der Waals surface area (Å²) in [5.74, 6) is 0.730. The summed E-state index contributed by atoms with van der Waals surface area (Å²) < 4.78 is 0. The normalized spacial score (nSPS) is 17.0. The molecule has 2 amide bonds. The minimum absolute atomic E-state index is 0.179. The maximum Gasteiger partial charge on any atom is 0.276 e. The van der Waals surface area contributed by atoms with Gasteiger partial charge in [0.2, 0.25) is 11.0 Å². The van der Waals surface area contributed by atoms with Gasteiger partial charge in [-0.15, -0.1) is 15.3 Å². The molecular weight excluding hydrogens is 476 g/mol. The Labute approximate surface area is 211 Å². The highest BCUT2D eigenvalue weighted by atomic mass is 32.1. The fraction of sp³-hybridized carbons (Fsp3) is 0.280. The standard InChI is InChI=1S/C25H24N8O2S/c34-22(15-18-5-1-3-11-26-18)28-21-10-9-19(30-31-21)14-16-7-8-17(13-16)24-32-33-25(36-24)29-23(35)20-6-2-4-12-27-20/h1-6,9-12,16-17H,7-8,13-15H2,(H,28,31,34)(H,29,33,35). The molecule has 1 fully saturated rings. The number of nitrogens with zero attached hydrogens (tertiary/aromatic N) is 6. The van der Waals surface area contributed by atoms with Crippen molar-refractivity contribution < 1.29 is 9.59 Å². The van der Waals surface area contributed by atoms with Gasteiger partial charge in [-0.05, 0) is 68.0 Å². The van der Waals surface area contributed by atoms with Crippen molar-refractivity contribution in [3.05, 3.63) is 83.0 Å². The molecule has 36 heavy (non-hydrogen) atoms. The first-order valence-corrected chi connectivity index (χ1v) is 12.5. The van der Waals surface area contributed by atoms with Crippen LogP contribution in [0, 0.1) is 5.92 Å². The number of pyridine rings is 2. The maximum absolute atomic E-state index is 12.3. The second-order valence-corrected chi connectivity index (χ2v) is 9.66. The average Bonchev–Trinajstić information content (AvgIpc) is 3.56. The smallest absolute Gasteiger partial charge is 0.276 e. The van der Waals surface area contributed by atoms with Crippen LogP contribution in [0.15, 0.2) is 60.9 Å². The Bertz CT molecular complexity index is 1310. The lowest BCUT2D eigenvalue weighted by atomic mass is 10.00. The summed E-state index contributed by atoms with van der Waals surface area (Å²) in [6.45, 7) is 0. The molecule has 2 unspecified atom stereocenters. The van der Waals surface area contributed by atoms with Crippen LogP contribution in [-0.2, 0) is 17.6 Å². The number of hydrogen-bond donors (Lipinski definition) is 2. The van der Waals surface area contributed by atoms with Crippen LogP contribution in [0.5, 0.6) is 0 Å². The zero-order valence-corrected chi connectivity index (χ0v) is 20.2. The van der Waals surface area contributed by atoms with Crippen LogP contribution in [0.3, 0.4) is 0 Å². The molecule has 182 valence electrons. The van der Waals surface area contributed by atoms with E-state index < -0.39 is 0 Å². The van der Waals surface area contributed by atoms with Gasteiger partial charge in [0, 0.05) is 24.0 Å². The van der Waals surface area contributed by atoms with Gasteiger partial charge in [0.15, 0.2) is 5.82 Å². The van der Waals surface area contributed by atoms with E-state index in [-0.39, 0.29) is 18.2 Å². The van der Waals surface area contributed by atoms with E-state index in [2.05, 4.69) is 41.0 Å². The van der Waals surface area contributed by atoms with Gasteiger partial charge in [0.05, 0.1) is 12.1 Å². The number of carbonyl (C=O) groups is 2. The monoisotopic (exact) mass is 500 g/mol. The van der Waals surface area contributed by atoms with Gasteiger partial charge in [0.25, 0.3) is 5.91 Å². The van der Waals surface area contributed by atoms with E-state index in [1.54, 1.807) is 36.7 Å². The third-order valence-corrected chi connectivity index (χ3v) is 7.00. The first-order chi connectivity index (χ1) is 17.6. The SMILES string of the molecule is O=C(Cc1ccccn1)Nc1ccc(CC2CCC(c3nnc(NC(=O)c4ccccn4)s3)C2)nn1. The van der Waals surface area contributed by atoms with Gasteiger partial charge in [-0.1, -0.05) is 23.5 Å². The Morgan fingerprint density at radius 3 is 2.47 bits per heavy atom. The zero-order valence-electron chi connectivity index (χ0n) is 19.4. The lowest BCUT2D eigenvalue weighted by Gasteiger charge is -2.09. The maximum atomic E-state index is 12.3. The number of carbonyl (C=O) groups excluding carboxylic acids is 2. The molecule has 11 heteroatoms. The largest absolute Gasteiger partial charge is 0.309 e. The van der Waals surface area contributed by atoms with Gasteiger partial charge in [-0.25, -0.2) is 0 Å². The third kappa shape index (κ3) is 6.11. The zero-order chi connectivity index (χ0) is 24.7. The number of rotatable bonds is 8. The van der Waals surface area contributed by atoms with E-state index in [9.17, 15) is 9.59 Å². The molecule has 5 rings (SSSR count). The molecule has 0 bridgehead atoms. The first kappa shape index (κ1) is 23.6. The summed E-state index contributed by atoms with van der Waals surface area (Å²) in [7, 11) is 0. The molecule has 0 spiro atoms. The molecule has 2 atom stereocenters. The van der Waals surface area contributed by atoms with Crippen molar-refractivity contribution in [2.75, 3.05) is 10.6 Å². The van der Waals surface area contributed by atoms with Crippen LogP contribution in [0.4, 0.5) is 10.9 Å². The molecule has 1 saturated carbocycles. The van der Waals surface area contributed by atoms with Crippen LogP contribution in [-0.4, -0.2) is 42.2 Å². The fourth-order valence-corrected chi connectivity index (χ4v) is 5.16. The van der Waals surface area contributed by atoms with E-state index >= 15 is 0 Å². The first-order valence-electron chi connectivity index (χ1n) is 11.7. The van der Waals surface area contributed by atoms with Crippen molar-refractivity contribution in [3.63, 3.8) is 0 Å². The van der Waals surface area contributed by atoms with Crippen LogP contribution >= 0.6 is 11.3 Å². The van der Waals surface area contributed by atoms with Gasteiger partial charge in [-0.2, -0.15) is 5.10 Å². The van der Waals surface area contributed by atoms with E-state index in [1.165, 1.54) is 11.3 Å². The second kappa shape index (κ2) is 11.1. The lowest BCUT2D eigenvalue weighted by molar-refractivity contribution is -0.115. The summed E-state index contributed by atoms with van der Waals surface area (Å²) in [6.07, 6.45) is 7.30. The van der Waals surface area contributed by atoms with Crippen LogP contribution in [0.2, 0.25) is 0 Å². The number of nitrogens with one attached hydrogen (secondary N) is 2. The molecule has 2 N–H and O–H groups in total. The van der Waals surface area contributed by atoms with E-state index in [4.69, 9.17) is 0 Å². The molecule has 10 nitrogen and oxygen atoms in total. The van der Waals surface area contributed by atoms with Crippen molar-refractivity contribution in [2.24, 2.45) is 5.92 Å². The minimum Gasteiger partial charge on any atom is -0.309 e. The van der Waals surface area contributed by atoms with E-state index in [0.29, 0.717) is 34.2 Å². The van der Waals surface area contributed by atoms with Crippen molar-refractivity contribution in [1.29, 1.82) is 0 Å². The molecule has 1 aliphatic rings. The lowest BCUT2D eigenvalue weighted by Crippen LogP contribution is -2.16. The highest BCUT2D eigenvalue weighted by Crippen LogP contribution is 2.41. The van der Waals surface area contributed by atoms with E-state index in [1.807, 2.05) is 24.3 Å². The Hall–Kier alpha value is -4.12. The predicted octanol–water partition coefficient (Wildman–Crippen LogP) is 3.68. The molecule has 0 aliphatic heterocycles. The molecule has 4 aromatic rings. The van der Waals surface area contributed by atoms with Gasteiger partial charge in [0.1, 0.15) is 10.7 Å². The number of anilines is 2. The quantitative estimate of drug-likeness (QED) is 0.374. The summed E-state index contributed by atoms with van der Waals surface area (Å²) >= 11 is 1.41. The van der Waals surface area contributed by atoms with E-state index in [0.717, 1.165) is 36.4 Å². The summed E-state index contributed by atoms with van der Waals surface area (Å²) in [6, 6.07) is 14.4. The summed E-state index contributed by atoms with van der Waals surface area (Å²) in [5.41, 5.74) is 1.94. The molecular formula is C25H24N8O2S. The van der Waals surface area contributed by atoms with Crippen LogP contribution in [0.1, 0.15) is 52.1 Å². The Balaban J connectivity index is 1.10. The Morgan fingerprint density at radius 2 is 1.72 bits per heavy atom.